The molecule has 0 aliphatic heterocycles. The Hall–Kier alpha value is -3.80. The van der Waals surface area contributed by atoms with Crippen molar-refractivity contribution in [2.24, 2.45) is 0 Å². The largest absolute Gasteiger partial charge is 0.508 e. The van der Waals surface area contributed by atoms with Crippen LogP contribution in [0.5, 0.6) is 11.5 Å². The molecular formula is C25H23N3O3. The topological polar surface area (TPSA) is 75.9 Å². The quantitative estimate of drug-likeness (QED) is 0.498. The van der Waals surface area contributed by atoms with Crippen LogP contribution in [0.15, 0.2) is 73.1 Å². The van der Waals surface area contributed by atoms with Gasteiger partial charge in [0.1, 0.15) is 23.8 Å². The SMILES string of the molecule is O=C(Nc1ccc(OCc2cn3ccccc3n2)cc1)C1CCCc2c(O)cccc21. The van der Waals surface area contributed by atoms with Crippen molar-refractivity contribution in [3.63, 3.8) is 0 Å². The molecule has 0 radical (unpaired) electrons. The standard InChI is InChI=1S/C25H23N3O3/c29-23-8-4-5-20-21(23)6-3-7-22(20)25(30)27-17-10-12-19(13-11-17)31-16-18-15-28-14-2-1-9-24(28)26-18/h1-2,4-5,8-15,22,29H,3,6-7,16H2,(H,27,30). The Morgan fingerprint density at radius 1 is 1.13 bits per heavy atom. The van der Waals surface area contributed by atoms with Crippen LogP contribution in [-0.2, 0) is 17.8 Å². The number of imidazole rings is 1. The Morgan fingerprint density at radius 3 is 2.84 bits per heavy atom. The second-order valence-electron chi connectivity index (χ2n) is 7.79. The van der Waals surface area contributed by atoms with Crippen molar-refractivity contribution in [3.8, 4) is 11.5 Å². The molecule has 31 heavy (non-hydrogen) atoms. The summed E-state index contributed by atoms with van der Waals surface area (Å²) in [6.45, 7) is 0.371. The highest BCUT2D eigenvalue weighted by molar-refractivity contribution is 5.96. The number of benzene rings is 2. The number of pyridine rings is 1. The normalized spacial score (nSPS) is 15.4. The molecule has 0 bridgehead atoms. The van der Waals surface area contributed by atoms with Crippen molar-refractivity contribution in [1.82, 2.24) is 9.38 Å². The highest BCUT2D eigenvalue weighted by Crippen LogP contribution is 2.36. The Labute approximate surface area is 180 Å². The van der Waals surface area contributed by atoms with Crippen molar-refractivity contribution >= 4 is 17.2 Å². The van der Waals surface area contributed by atoms with Gasteiger partial charge < -0.3 is 19.6 Å². The summed E-state index contributed by atoms with van der Waals surface area (Å²) in [5, 5.41) is 13.1. The number of rotatable bonds is 5. The van der Waals surface area contributed by atoms with Gasteiger partial charge >= 0.3 is 0 Å². The van der Waals surface area contributed by atoms with Gasteiger partial charge in [0, 0.05) is 18.1 Å². The third-order valence-corrected chi connectivity index (χ3v) is 5.72. The van der Waals surface area contributed by atoms with E-state index in [9.17, 15) is 9.90 Å². The Balaban J connectivity index is 1.22. The lowest BCUT2D eigenvalue weighted by molar-refractivity contribution is -0.117. The molecule has 2 aromatic heterocycles. The van der Waals surface area contributed by atoms with Crippen molar-refractivity contribution < 1.29 is 14.6 Å². The van der Waals surface area contributed by atoms with Crippen LogP contribution in [0.1, 0.15) is 35.6 Å². The highest BCUT2D eigenvalue weighted by atomic mass is 16.5. The average Bonchev–Trinajstić information content (AvgIpc) is 3.22. The van der Waals surface area contributed by atoms with Gasteiger partial charge in [-0.3, -0.25) is 4.79 Å². The molecule has 2 aromatic carbocycles. The molecule has 1 atom stereocenters. The molecule has 0 spiro atoms. The van der Waals surface area contributed by atoms with Gasteiger partial charge in [-0.25, -0.2) is 4.98 Å². The van der Waals surface area contributed by atoms with E-state index in [1.165, 1.54) is 0 Å². The molecule has 6 nitrogen and oxygen atoms in total. The number of anilines is 1. The fourth-order valence-corrected chi connectivity index (χ4v) is 4.18. The maximum absolute atomic E-state index is 12.9. The fourth-order valence-electron chi connectivity index (χ4n) is 4.18. The second-order valence-corrected chi connectivity index (χ2v) is 7.79. The van der Waals surface area contributed by atoms with Crippen LogP contribution < -0.4 is 10.1 Å². The van der Waals surface area contributed by atoms with Crippen molar-refractivity contribution in [2.75, 3.05) is 5.32 Å². The molecule has 5 rings (SSSR count). The van der Waals surface area contributed by atoms with E-state index in [4.69, 9.17) is 4.74 Å². The number of aromatic nitrogens is 2. The number of ether oxygens (including phenoxy) is 1. The number of nitrogens with zero attached hydrogens (tertiary/aromatic N) is 2. The number of phenolic OH excluding ortho intramolecular Hbond substituents is 1. The van der Waals surface area contributed by atoms with Crippen molar-refractivity contribution in [3.05, 3.63) is 89.9 Å². The molecule has 156 valence electrons. The number of nitrogens with one attached hydrogen (secondary N) is 1. The third-order valence-electron chi connectivity index (χ3n) is 5.72. The highest BCUT2D eigenvalue weighted by Gasteiger charge is 2.27. The molecule has 0 saturated carbocycles. The van der Waals surface area contributed by atoms with Crippen molar-refractivity contribution in [2.45, 2.75) is 31.8 Å². The smallest absolute Gasteiger partial charge is 0.231 e. The molecule has 0 fully saturated rings. The number of hydrogen-bond donors (Lipinski definition) is 2. The van der Waals surface area contributed by atoms with E-state index < -0.39 is 0 Å². The number of amides is 1. The van der Waals surface area contributed by atoms with Crippen LogP contribution in [0, 0.1) is 0 Å². The lowest BCUT2D eigenvalue weighted by atomic mass is 9.82. The van der Waals surface area contributed by atoms with Gasteiger partial charge in [0.25, 0.3) is 0 Å². The number of phenols is 1. The number of hydrogen-bond acceptors (Lipinski definition) is 4. The van der Waals surface area contributed by atoms with Gasteiger partial charge in [-0.2, -0.15) is 0 Å². The Bertz CT molecular complexity index is 1200. The van der Waals surface area contributed by atoms with E-state index in [1.54, 1.807) is 12.1 Å². The summed E-state index contributed by atoms with van der Waals surface area (Å²) in [4.78, 5) is 17.4. The van der Waals surface area contributed by atoms with Gasteiger partial charge in [-0.05, 0) is 72.9 Å². The van der Waals surface area contributed by atoms with Crippen LogP contribution in [0.4, 0.5) is 5.69 Å². The van der Waals surface area contributed by atoms with Crippen LogP contribution in [0.25, 0.3) is 5.65 Å². The van der Waals surface area contributed by atoms with E-state index in [0.29, 0.717) is 12.4 Å². The number of carbonyl (C=O) groups excluding carboxylic acids is 1. The second kappa shape index (κ2) is 8.14. The molecule has 4 aromatic rings. The van der Waals surface area contributed by atoms with Gasteiger partial charge in [-0.1, -0.05) is 18.2 Å². The van der Waals surface area contributed by atoms with Gasteiger partial charge in [0.15, 0.2) is 0 Å². The molecule has 1 amide bonds. The van der Waals surface area contributed by atoms with E-state index in [0.717, 1.165) is 47.4 Å². The fraction of sp³-hybridized carbons (Fsp3) is 0.200. The zero-order valence-electron chi connectivity index (χ0n) is 17.0. The minimum atomic E-state index is -0.248. The predicted molar refractivity (Wildman–Crippen MR) is 118 cm³/mol. The first-order valence-electron chi connectivity index (χ1n) is 10.4. The minimum Gasteiger partial charge on any atom is -0.508 e. The Morgan fingerprint density at radius 2 is 2.00 bits per heavy atom. The van der Waals surface area contributed by atoms with E-state index in [2.05, 4.69) is 10.3 Å². The summed E-state index contributed by atoms with van der Waals surface area (Å²) in [7, 11) is 0. The summed E-state index contributed by atoms with van der Waals surface area (Å²) in [6.07, 6.45) is 6.38. The van der Waals surface area contributed by atoms with Crippen LogP contribution in [0.2, 0.25) is 0 Å². The first-order chi connectivity index (χ1) is 15.2. The first-order valence-corrected chi connectivity index (χ1v) is 10.4. The predicted octanol–water partition coefficient (Wildman–Crippen LogP) is 4.68. The number of fused-ring (bicyclic) bond motifs is 2. The maximum atomic E-state index is 12.9. The maximum Gasteiger partial charge on any atom is 0.231 e. The summed E-state index contributed by atoms with van der Waals surface area (Å²) >= 11 is 0. The zero-order valence-corrected chi connectivity index (χ0v) is 17.0. The first kappa shape index (κ1) is 19.2. The van der Waals surface area contributed by atoms with Crippen LogP contribution in [0.3, 0.4) is 0 Å². The van der Waals surface area contributed by atoms with Gasteiger partial charge in [0.2, 0.25) is 5.91 Å². The van der Waals surface area contributed by atoms with Gasteiger partial charge in [0.05, 0.1) is 11.6 Å². The molecule has 6 heteroatoms. The summed E-state index contributed by atoms with van der Waals surface area (Å²) in [5.41, 5.74) is 4.28. The van der Waals surface area contributed by atoms with Crippen LogP contribution in [-0.4, -0.2) is 20.4 Å². The molecular weight excluding hydrogens is 390 g/mol. The van der Waals surface area contributed by atoms with E-state index in [-0.39, 0.29) is 17.6 Å². The van der Waals surface area contributed by atoms with Gasteiger partial charge in [-0.15, -0.1) is 0 Å². The number of aromatic hydroxyl groups is 1. The summed E-state index contributed by atoms with van der Waals surface area (Å²) < 4.78 is 7.80. The van der Waals surface area contributed by atoms with E-state index in [1.807, 2.05) is 65.3 Å². The van der Waals surface area contributed by atoms with E-state index >= 15 is 0 Å². The molecule has 2 N–H and O–H groups in total. The van der Waals surface area contributed by atoms with Crippen LogP contribution >= 0.6 is 0 Å². The minimum absolute atomic E-state index is 0.0510. The summed E-state index contributed by atoms with van der Waals surface area (Å²) in [5.74, 6) is 0.692. The Kier molecular flexibility index (Phi) is 5.04. The zero-order chi connectivity index (χ0) is 21.2. The lowest BCUT2D eigenvalue weighted by Crippen LogP contribution is -2.24. The summed E-state index contributed by atoms with van der Waals surface area (Å²) in [6, 6.07) is 18.6. The third kappa shape index (κ3) is 3.97. The monoisotopic (exact) mass is 413 g/mol. The molecule has 0 saturated heterocycles. The average molecular weight is 413 g/mol. The lowest BCUT2D eigenvalue weighted by Gasteiger charge is -2.25. The molecule has 2 heterocycles. The number of carbonyl (C=O) groups is 1. The van der Waals surface area contributed by atoms with Crippen molar-refractivity contribution in [1.29, 1.82) is 0 Å². The molecule has 1 aliphatic rings. The molecule has 1 unspecified atom stereocenters. The molecule has 1 aliphatic carbocycles.